The third-order valence-corrected chi connectivity index (χ3v) is 5.22. The number of rotatable bonds is 7. The molecule has 0 aliphatic rings. The van der Waals surface area contributed by atoms with Crippen LogP contribution in [0.15, 0.2) is 66.7 Å². The molecule has 3 nitrogen and oxygen atoms in total. The minimum absolute atomic E-state index is 0.538. The average Bonchev–Trinajstić information content (AvgIpc) is 2.72. The van der Waals surface area contributed by atoms with E-state index in [1.165, 1.54) is 27.8 Å². The molecule has 3 aromatic carbocycles. The number of hydrogen-bond donors (Lipinski definition) is 2. The van der Waals surface area contributed by atoms with Gasteiger partial charge in [-0.2, -0.15) is 0 Å². The van der Waals surface area contributed by atoms with Crippen LogP contribution in [-0.2, 0) is 11.3 Å². The molecule has 148 valence electrons. The van der Waals surface area contributed by atoms with Crippen molar-refractivity contribution in [3.63, 3.8) is 0 Å². The average molecular weight is 386 g/mol. The molecule has 29 heavy (non-hydrogen) atoms. The molecule has 3 rings (SSSR count). The van der Waals surface area contributed by atoms with Crippen molar-refractivity contribution in [1.82, 2.24) is 5.32 Å². The van der Waals surface area contributed by atoms with Crippen LogP contribution >= 0.6 is 0 Å². The standard InChI is InChI=1S/C26H27NO2/c1-18-16-21(17-27-20(3)26(28)29)12-13-22(18)14-15-23-10-7-11-25(19(23)2)24-8-5-4-6-9-24/h4-16,20,27H,17H2,1-3H3,(H,28,29). The molecule has 0 amide bonds. The van der Waals surface area contributed by atoms with Gasteiger partial charge in [0.05, 0.1) is 0 Å². The van der Waals surface area contributed by atoms with Crippen LogP contribution in [0.2, 0.25) is 0 Å². The zero-order valence-corrected chi connectivity index (χ0v) is 17.1. The van der Waals surface area contributed by atoms with E-state index in [4.69, 9.17) is 5.11 Å². The van der Waals surface area contributed by atoms with E-state index in [0.717, 1.165) is 11.1 Å². The van der Waals surface area contributed by atoms with Gasteiger partial charge in [0.25, 0.3) is 0 Å². The molecule has 2 N–H and O–H groups in total. The van der Waals surface area contributed by atoms with Crippen LogP contribution < -0.4 is 5.32 Å². The summed E-state index contributed by atoms with van der Waals surface area (Å²) in [5, 5.41) is 12.0. The molecule has 0 aromatic heterocycles. The first kappa shape index (κ1) is 20.6. The quantitative estimate of drug-likeness (QED) is 0.513. The smallest absolute Gasteiger partial charge is 0.320 e. The molecule has 0 heterocycles. The minimum Gasteiger partial charge on any atom is -0.480 e. The van der Waals surface area contributed by atoms with Crippen LogP contribution in [0.25, 0.3) is 23.3 Å². The summed E-state index contributed by atoms with van der Waals surface area (Å²) in [7, 11) is 0. The van der Waals surface area contributed by atoms with Crippen LogP contribution in [-0.4, -0.2) is 17.1 Å². The Morgan fingerprint density at radius 3 is 2.38 bits per heavy atom. The number of carboxylic acids is 1. The summed E-state index contributed by atoms with van der Waals surface area (Å²) in [6.07, 6.45) is 4.30. The Hall–Kier alpha value is -3.17. The second-order valence-electron chi connectivity index (χ2n) is 7.35. The van der Waals surface area contributed by atoms with E-state index in [9.17, 15) is 4.79 Å². The summed E-state index contributed by atoms with van der Waals surface area (Å²) >= 11 is 0. The lowest BCUT2D eigenvalue weighted by Gasteiger charge is -2.11. The van der Waals surface area contributed by atoms with Crippen LogP contribution in [0.1, 0.15) is 34.7 Å². The van der Waals surface area contributed by atoms with Crippen LogP contribution in [0.4, 0.5) is 0 Å². The van der Waals surface area contributed by atoms with Gasteiger partial charge < -0.3 is 10.4 Å². The fourth-order valence-electron chi connectivity index (χ4n) is 3.34. The van der Waals surface area contributed by atoms with Crippen LogP contribution in [0.3, 0.4) is 0 Å². The molecule has 0 saturated heterocycles. The van der Waals surface area contributed by atoms with Crippen molar-refractivity contribution in [2.45, 2.75) is 33.4 Å². The van der Waals surface area contributed by atoms with Crippen molar-refractivity contribution < 1.29 is 9.90 Å². The van der Waals surface area contributed by atoms with Gasteiger partial charge in [-0.1, -0.05) is 78.9 Å². The first-order valence-corrected chi connectivity index (χ1v) is 9.84. The first-order chi connectivity index (χ1) is 14.0. The summed E-state index contributed by atoms with van der Waals surface area (Å²) in [5.74, 6) is -0.839. The molecular weight excluding hydrogens is 358 g/mol. The predicted octanol–water partition coefficient (Wildman–Crippen LogP) is 5.70. The highest BCUT2D eigenvalue weighted by molar-refractivity contribution is 5.78. The van der Waals surface area contributed by atoms with E-state index in [2.05, 4.69) is 85.9 Å². The Labute approximate surface area is 172 Å². The molecule has 1 unspecified atom stereocenters. The summed E-state index contributed by atoms with van der Waals surface area (Å²) in [4.78, 5) is 10.9. The molecule has 0 saturated carbocycles. The second kappa shape index (κ2) is 9.35. The first-order valence-electron chi connectivity index (χ1n) is 9.84. The van der Waals surface area contributed by atoms with Crippen molar-refractivity contribution in [2.75, 3.05) is 0 Å². The summed E-state index contributed by atoms with van der Waals surface area (Å²) in [5.41, 5.74) is 8.34. The van der Waals surface area contributed by atoms with E-state index < -0.39 is 12.0 Å². The molecular formula is C26H27NO2. The Bertz CT molecular complexity index is 1020. The third kappa shape index (κ3) is 5.21. The number of hydrogen-bond acceptors (Lipinski definition) is 2. The fourth-order valence-corrected chi connectivity index (χ4v) is 3.34. The van der Waals surface area contributed by atoms with Gasteiger partial charge in [0, 0.05) is 6.54 Å². The Morgan fingerprint density at radius 2 is 1.69 bits per heavy atom. The minimum atomic E-state index is -0.839. The van der Waals surface area contributed by atoms with Crippen molar-refractivity contribution >= 4 is 18.1 Å². The Balaban J connectivity index is 1.77. The van der Waals surface area contributed by atoms with Crippen molar-refractivity contribution in [1.29, 1.82) is 0 Å². The zero-order valence-electron chi connectivity index (χ0n) is 17.1. The number of benzene rings is 3. The normalized spacial score (nSPS) is 12.2. The van der Waals surface area contributed by atoms with Gasteiger partial charge in [-0.15, -0.1) is 0 Å². The fraction of sp³-hybridized carbons (Fsp3) is 0.192. The van der Waals surface area contributed by atoms with Gasteiger partial charge in [-0.05, 0) is 59.7 Å². The van der Waals surface area contributed by atoms with Gasteiger partial charge in [0.2, 0.25) is 0 Å². The molecule has 1 atom stereocenters. The monoisotopic (exact) mass is 385 g/mol. The Morgan fingerprint density at radius 1 is 0.966 bits per heavy atom. The van der Waals surface area contributed by atoms with Gasteiger partial charge >= 0.3 is 5.97 Å². The maximum absolute atomic E-state index is 10.9. The van der Waals surface area contributed by atoms with E-state index in [1.807, 2.05) is 12.1 Å². The molecule has 0 fully saturated rings. The third-order valence-electron chi connectivity index (χ3n) is 5.22. The van der Waals surface area contributed by atoms with Gasteiger partial charge in [-0.25, -0.2) is 0 Å². The van der Waals surface area contributed by atoms with E-state index >= 15 is 0 Å². The highest BCUT2D eigenvalue weighted by atomic mass is 16.4. The summed E-state index contributed by atoms with van der Waals surface area (Å²) < 4.78 is 0. The molecule has 0 radical (unpaired) electrons. The summed E-state index contributed by atoms with van der Waals surface area (Å²) in [6, 6.07) is 22.5. The van der Waals surface area contributed by atoms with Crippen molar-refractivity contribution in [3.8, 4) is 11.1 Å². The molecule has 3 aromatic rings. The predicted molar refractivity (Wildman–Crippen MR) is 121 cm³/mol. The molecule has 3 heteroatoms. The van der Waals surface area contributed by atoms with Crippen LogP contribution in [0.5, 0.6) is 0 Å². The van der Waals surface area contributed by atoms with Gasteiger partial charge in [0.1, 0.15) is 6.04 Å². The van der Waals surface area contributed by atoms with Crippen molar-refractivity contribution in [2.24, 2.45) is 0 Å². The Kier molecular flexibility index (Phi) is 6.63. The topological polar surface area (TPSA) is 49.3 Å². The maximum Gasteiger partial charge on any atom is 0.320 e. The summed E-state index contributed by atoms with van der Waals surface area (Å²) in [6.45, 7) is 6.43. The lowest BCUT2D eigenvalue weighted by molar-refractivity contribution is -0.139. The second-order valence-corrected chi connectivity index (χ2v) is 7.35. The van der Waals surface area contributed by atoms with E-state index in [-0.39, 0.29) is 0 Å². The van der Waals surface area contributed by atoms with E-state index in [0.29, 0.717) is 6.54 Å². The molecule has 0 aliphatic heterocycles. The number of aliphatic carboxylic acids is 1. The molecule has 0 aliphatic carbocycles. The number of aryl methyl sites for hydroxylation is 1. The highest BCUT2D eigenvalue weighted by Gasteiger charge is 2.09. The van der Waals surface area contributed by atoms with Gasteiger partial charge in [0.15, 0.2) is 0 Å². The lowest BCUT2D eigenvalue weighted by atomic mass is 9.95. The van der Waals surface area contributed by atoms with E-state index in [1.54, 1.807) is 6.92 Å². The lowest BCUT2D eigenvalue weighted by Crippen LogP contribution is -2.33. The number of carbonyl (C=O) groups is 1. The SMILES string of the molecule is Cc1cc(CNC(C)C(=O)O)ccc1C=Cc1cccc(-c2ccccc2)c1C. The molecule has 0 bridgehead atoms. The number of nitrogens with one attached hydrogen (secondary N) is 1. The molecule has 0 spiro atoms. The maximum atomic E-state index is 10.9. The number of carboxylic acid groups (broad SMARTS) is 1. The highest BCUT2D eigenvalue weighted by Crippen LogP contribution is 2.27. The van der Waals surface area contributed by atoms with Crippen LogP contribution in [0, 0.1) is 13.8 Å². The van der Waals surface area contributed by atoms with Crippen molar-refractivity contribution in [3.05, 3.63) is 94.5 Å². The largest absolute Gasteiger partial charge is 0.480 e. The van der Waals surface area contributed by atoms with Gasteiger partial charge in [-0.3, -0.25) is 4.79 Å². The zero-order chi connectivity index (χ0) is 20.8.